The fraction of sp³-hybridized carbons (Fsp3) is 0.625. The van der Waals surface area contributed by atoms with Gasteiger partial charge in [0.1, 0.15) is 5.75 Å². The first-order valence-corrected chi connectivity index (χ1v) is 7.57. The first kappa shape index (κ1) is 12.9. The lowest BCUT2D eigenvalue weighted by Crippen LogP contribution is -2.41. The van der Waals surface area contributed by atoms with Gasteiger partial charge in [0.25, 0.3) is 0 Å². The molecule has 0 spiro atoms. The standard InChI is InChI=1S/C16H24N2O/c19-13-8-6-12(7-9-13)11-18-16-4-1-3-14(16)15-5-2-10-17-15/h6-9,14-19H,1-5,10-11H2. The van der Waals surface area contributed by atoms with Crippen LogP contribution in [0.4, 0.5) is 0 Å². The maximum atomic E-state index is 9.29. The van der Waals surface area contributed by atoms with Crippen molar-refractivity contribution in [2.24, 2.45) is 5.92 Å². The number of hydrogen-bond donors (Lipinski definition) is 3. The normalized spacial score (nSPS) is 30.8. The van der Waals surface area contributed by atoms with Crippen LogP contribution >= 0.6 is 0 Å². The SMILES string of the molecule is Oc1ccc(CNC2CCCC2C2CCCN2)cc1. The Labute approximate surface area is 115 Å². The summed E-state index contributed by atoms with van der Waals surface area (Å²) in [6.07, 6.45) is 6.72. The summed E-state index contributed by atoms with van der Waals surface area (Å²) in [6, 6.07) is 8.92. The molecule has 1 aromatic rings. The minimum Gasteiger partial charge on any atom is -0.508 e. The van der Waals surface area contributed by atoms with Crippen LogP contribution in [0.5, 0.6) is 5.75 Å². The van der Waals surface area contributed by atoms with Crippen LogP contribution in [0.2, 0.25) is 0 Å². The van der Waals surface area contributed by atoms with Gasteiger partial charge in [0.05, 0.1) is 0 Å². The Hall–Kier alpha value is -1.06. The van der Waals surface area contributed by atoms with Gasteiger partial charge in [-0.15, -0.1) is 0 Å². The van der Waals surface area contributed by atoms with Gasteiger partial charge in [-0.1, -0.05) is 18.6 Å². The zero-order valence-corrected chi connectivity index (χ0v) is 11.4. The molecule has 0 amide bonds. The molecular weight excluding hydrogens is 236 g/mol. The Balaban J connectivity index is 1.55. The van der Waals surface area contributed by atoms with E-state index in [9.17, 15) is 5.11 Å². The predicted molar refractivity (Wildman–Crippen MR) is 77.1 cm³/mol. The Morgan fingerprint density at radius 3 is 2.68 bits per heavy atom. The third kappa shape index (κ3) is 3.10. The van der Waals surface area contributed by atoms with E-state index in [1.165, 1.54) is 44.2 Å². The Morgan fingerprint density at radius 1 is 1.11 bits per heavy atom. The molecule has 3 atom stereocenters. The van der Waals surface area contributed by atoms with Crippen LogP contribution in [0.1, 0.15) is 37.7 Å². The van der Waals surface area contributed by atoms with Crippen LogP contribution in [0.3, 0.4) is 0 Å². The summed E-state index contributed by atoms with van der Waals surface area (Å²) in [4.78, 5) is 0. The van der Waals surface area contributed by atoms with E-state index in [1.807, 2.05) is 12.1 Å². The van der Waals surface area contributed by atoms with Crippen LogP contribution in [0, 0.1) is 5.92 Å². The third-order valence-corrected chi connectivity index (χ3v) is 4.69. The minimum atomic E-state index is 0.345. The first-order valence-electron chi connectivity index (χ1n) is 7.57. The molecule has 0 radical (unpaired) electrons. The molecule has 19 heavy (non-hydrogen) atoms. The number of aromatic hydroxyl groups is 1. The highest BCUT2D eigenvalue weighted by molar-refractivity contribution is 5.25. The molecule has 1 saturated carbocycles. The van der Waals surface area contributed by atoms with Crippen molar-refractivity contribution in [2.75, 3.05) is 6.54 Å². The maximum Gasteiger partial charge on any atom is 0.115 e. The van der Waals surface area contributed by atoms with E-state index in [0.717, 1.165) is 18.5 Å². The Bertz CT molecular complexity index is 398. The molecule has 3 N–H and O–H groups in total. The quantitative estimate of drug-likeness (QED) is 0.779. The molecule has 1 saturated heterocycles. The summed E-state index contributed by atoms with van der Waals surface area (Å²) in [5.74, 6) is 1.15. The van der Waals surface area contributed by atoms with E-state index < -0.39 is 0 Å². The number of rotatable bonds is 4. The zero-order valence-electron chi connectivity index (χ0n) is 11.4. The van der Waals surface area contributed by atoms with Crippen molar-refractivity contribution in [3.63, 3.8) is 0 Å². The molecule has 1 heterocycles. The summed E-state index contributed by atoms with van der Waals surface area (Å²) in [5.41, 5.74) is 1.25. The van der Waals surface area contributed by atoms with Crippen molar-refractivity contribution in [3.8, 4) is 5.75 Å². The Kier molecular flexibility index (Phi) is 4.04. The van der Waals surface area contributed by atoms with Crippen molar-refractivity contribution in [1.82, 2.24) is 10.6 Å². The van der Waals surface area contributed by atoms with Crippen LogP contribution in [0.15, 0.2) is 24.3 Å². The van der Waals surface area contributed by atoms with Crippen LogP contribution in [-0.4, -0.2) is 23.7 Å². The van der Waals surface area contributed by atoms with E-state index >= 15 is 0 Å². The molecule has 0 bridgehead atoms. The van der Waals surface area contributed by atoms with E-state index in [4.69, 9.17) is 0 Å². The fourth-order valence-corrected chi connectivity index (χ4v) is 3.66. The summed E-state index contributed by atoms with van der Waals surface area (Å²) in [5, 5.41) is 16.7. The fourth-order valence-electron chi connectivity index (χ4n) is 3.66. The highest BCUT2D eigenvalue weighted by Gasteiger charge is 2.34. The van der Waals surface area contributed by atoms with Gasteiger partial charge < -0.3 is 15.7 Å². The molecule has 1 aliphatic heterocycles. The van der Waals surface area contributed by atoms with E-state index in [1.54, 1.807) is 12.1 Å². The first-order chi connectivity index (χ1) is 9.33. The summed E-state index contributed by atoms with van der Waals surface area (Å²) >= 11 is 0. The molecule has 1 aliphatic carbocycles. The average Bonchev–Trinajstić information content (AvgIpc) is 3.08. The van der Waals surface area contributed by atoms with Gasteiger partial charge in [-0.05, 0) is 55.8 Å². The van der Waals surface area contributed by atoms with Crippen LogP contribution in [-0.2, 0) is 6.54 Å². The van der Waals surface area contributed by atoms with Crippen molar-refractivity contribution in [3.05, 3.63) is 29.8 Å². The van der Waals surface area contributed by atoms with Gasteiger partial charge >= 0.3 is 0 Å². The molecule has 3 heteroatoms. The summed E-state index contributed by atoms with van der Waals surface area (Å²) < 4.78 is 0. The molecule has 2 aliphatic rings. The highest BCUT2D eigenvalue weighted by Crippen LogP contribution is 2.32. The van der Waals surface area contributed by atoms with Gasteiger partial charge in [-0.2, -0.15) is 0 Å². The summed E-state index contributed by atoms with van der Waals surface area (Å²) in [6.45, 7) is 2.11. The number of nitrogens with one attached hydrogen (secondary N) is 2. The van der Waals surface area contributed by atoms with Gasteiger partial charge in [0.15, 0.2) is 0 Å². The van der Waals surface area contributed by atoms with Gasteiger partial charge in [0, 0.05) is 18.6 Å². The van der Waals surface area contributed by atoms with Crippen molar-refractivity contribution in [1.29, 1.82) is 0 Å². The molecule has 1 aromatic carbocycles. The number of phenols is 1. The second-order valence-corrected chi connectivity index (χ2v) is 5.95. The zero-order chi connectivity index (χ0) is 13.1. The lowest BCUT2D eigenvalue weighted by atomic mass is 9.93. The maximum absolute atomic E-state index is 9.29. The van der Waals surface area contributed by atoms with E-state index in [0.29, 0.717) is 11.8 Å². The third-order valence-electron chi connectivity index (χ3n) is 4.69. The van der Waals surface area contributed by atoms with Gasteiger partial charge in [-0.3, -0.25) is 0 Å². The molecule has 3 unspecified atom stereocenters. The molecular formula is C16H24N2O. The lowest BCUT2D eigenvalue weighted by Gasteiger charge is -2.26. The largest absolute Gasteiger partial charge is 0.508 e. The van der Waals surface area contributed by atoms with Crippen molar-refractivity contribution in [2.45, 2.75) is 50.7 Å². The molecule has 104 valence electrons. The van der Waals surface area contributed by atoms with Crippen LogP contribution in [0.25, 0.3) is 0 Å². The Morgan fingerprint density at radius 2 is 1.95 bits per heavy atom. The monoisotopic (exact) mass is 260 g/mol. The van der Waals surface area contributed by atoms with E-state index in [-0.39, 0.29) is 0 Å². The topological polar surface area (TPSA) is 44.3 Å². The molecule has 3 rings (SSSR count). The summed E-state index contributed by atoms with van der Waals surface area (Å²) in [7, 11) is 0. The smallest absolute Gasteiger partial charge is 0.115 e. The highest BCUT2D eigenvalue weighted by atomic mass is 16.3. The number of hydrogen-bond acceptors (Lipinski definition) is 3. The van der Waals surface area contributed by atoms with Crippen LogP contribution < -0.4 is 10.6 Å². The molecule has 3 nitrogen and oxygen atoms in total. The lowest BCUT2D eigenvalue weighted by molar-refractivity contribution is 0.320. The predicted octanol–water partition coefficient (Wildman–Crippen LogP) is 2.40. The number of phenolic OH excluding ortho intramolecular Hbond substituents is 1. The van der Waals surface area contributed by atoms with Crippen molar-refractivity contribution < 1.29 is 5.11 Å². The second-order valence-electron chi connectivity index (χ2n) is 5.95. The van der Waals surface area contributed by atoms with Gasteiger partial charge in [0.2, 0.25) is 0 Å². The average molecular weight is 260 g/mol. The number of benzene rings is 1. The second kappa shape index (κ2) is 5.93. The van der Waals surface area contributed by atoms with Gasteiger partial charge in [-0.25, -0.2) is 0 Å². The molecule has 2 fully saturated rings. The minimum absolute atomic E-state index is 0.345. The molecule has 0 aromatic heterocycles. The van der Waals surface area contributed by atoms with Crippen molar-refractivity contribution >= 4 is 0 Å². The van der Waals surface area contributed by atoms with E-state index in [2.05, 4.69) is 10.6 Å².